The molecule has 104 valence electrons. The zero-order valence-corrected chi connectivity index (χ0v) is 9.68. The second-order valence-corrected chi connectivity index (χ2v) is 3.47. The van der Waals surface area contributed by atoms with E-state index in [4.69, 9.17) is 9.84 Å². The molecule has 0 atom stereocenters. The SMILES string of the molecule is O=C(O)/C=C/c1ccc(OCOCC(F)(F)F)cc1. The van der Waals surface area contributed by atoms with Crippen LogP contribution in [0.15, 0.2) is 30.3 Å². The van der Waals surface area contributed by atoms with E-state index < -0.39 is 25.5 Å². The molecule has 0 aliphatic carbocycles. The second kappa shape index (κ2) is 6.79. The minimum absolute atomic E-state index is 0.328. The molecule has 0 fully saturated rings. The van der Waals surface area contributed by atoms with Crippen molar-refractivity contribution in [3.63, 3.8) is 0 Å². The Balaban J connectivity index is 2.38. The predicted molar refractivity (Wildman–Crippen MR) is 60.6 cm³/mol. The number of aliphatic carboxylic acids is 1. The highest BCUT2D eigenvalue weighted by Gasteiger charge is 2.27. The zero-order chi connectivity index (χ0) is 14.3. The Morgan fingerprint density at radius 2 is 1.89 bits per heavy atom. The summed E-state index contributed by atoms with van der Waals surface area (Å²) >= 11 is 0. The number of ether oxygens (including phenoxy) is 2. The van der Waals surface area contributed by atoms with E-state index in [1.165, 1.54) is 18.2 Å². The molecule has 0 aromatic heterocycles. The molecular weight excluding hydrogens is 265 g/mol. The molecule has 1 rings (SSSR count). The smallest absolute Gasteiger partial charge is 0.411 e. The van der Waals surface area contributed by atoms with E-state index >= 15 is 0 Å². The van der Waals surface area contributed by atoms with Crippen molar-refractivity contribution in [2.75, 3.05) is 13.4 Å². The molecule has 0 spiro atoms. The van der Waals surface area contributed by atoms with Gasteiger partial charge in [-0.05, 0) is 23.8 Å². The number of hydrogen-bond donors (Lipinski definition) is 1. The maximum Gasteiger partial charge on any atom is 0.411 e. The number of carboxylic acid groups (broad SMARTS) is 1. The van der Waals surface area contributed by atoms with Gasteiger partial charge in [-0.2, -0.15) is 13.2 Å². The third-order valence-electron chi connectivity index (χ3n) is 1.87. The van der Waals surface area contributed by atoms with Crippen molar-refractivity contribution in [1.29, 1.82) is 0 Å². The van der Waals surface area contributed by atoms with Crippen LogP contribution in [0.5, 0.6) is 5.75 Å². The average Bonchev–Trinajstić information content (AvgIpc) is 2.32. The number of halogens is 3. The minimum atomic E-state index is -4.38. The predicted octanol–water partition coefficient (Wildman–Crippen LogP) is 2.70. The molecule has 0 bridgehead atoms. The summed E-state index contributed by atoms with van der Waals surface area (Å²) in [4.78, 5) is 10.3. The summed E-state index contributed by atoms with van der Waals surface area (Å²) in [6, 6.07) is 6.13. The van der Waals surface area contributed by atoms with E-state index in [1.807, 2.05) is 0 Å². The van der Waals surface area contributed by atoms with Crippen LogP contribution >= 0.6 is 0 Å². The van der Waals surface area contributed by atoms with Crippen molar-refractivity contribution in [1.82, 2.24) is 0 Å². The van der Waals surface area contributed by atoms with E-state index in [0.717, 1.165) is 6.08 Å². The number of carbonyl (C=O) groups is 1. The Morgan fingerprint density at radius 1 is 1.26 bits per heavy atom. The highest BCUT2D eigenvalue weighted by Crippen LogP contribution is 2.16. The first-order chi connectivity index (χ1) is 8.87. The summed E-state index contributed by atoms with van der Waals surface area (Å²) in [5.74, 6) is -0.740. The molecular formula is C12H11F3O4. The van der Waals surface area contributed by atoms with Crippen LogP contribution in [0.3, 0.4) is 0 Å². The van der Waals surface area contributed by atoms with Crippen molar-refractivity contribution < 1.29 is 32.5 Å². The lowest BCUT2D eigenvalue weighted by Crippen LogP contribution is -2.19. The lowest BCUT2D eigenvalue weighted by atomic mass is 10.2. The van der Waals surface area contributed by atoms with E-state index in [9.17, 15) is 18.0 Å². The van der Waals surface area contributed by atoms with Crippen LogP contribution in [-0.4, -0.2) is 30.7 Å². The second-order valence-electron chi connectivity index (χ2n) is 3.47. The first-order valence-electron chi connectivity index (χ1n) is 5.15. The first kappa shape index (κ1) is 15.0. The Labute approximate surface area is 107 Å². The van der Waals surface area contributed by atoms with Crippen LogP contribution in [0.1, 0.15) is 5.56 Å². The molecule has 0 aliphatic rings. The molecule has 4 nitrogen and oxygen atoms in total. The molecule has 0 saturated carbocycles. The quantitative estimate of drug-likeness (QED) is 0.493. The van der Waals surface area contributed by atoms with Gasteiger partial charge in [0.1, 0.15) is 12.4 Å². The molecule has 0 unspecified atom stereocenters. The highest BCUT2D eigenvalue weighted by molar-refractivity contribution is 5.85. The zero-order valence-electron chi connectivity index (χ0n) is 9.68. The van der Waals surface area contributed by atoms with E-state index in [0.29, 0.717) is 11.3 Å². The maximum absolute atomic E-state index is 11.7. The van der Waals surface area contributed by atoms with E-state index in [-0.39, 0.29) is 0 Å². The largest absolute Gasteiger partial charge is 0.478 e. The Hall–Kier alpha value is -2.02. The van der Waals surface area contributed by atoms with Gasteiger partial charge in [-0.15, -0.1) is 0 Å². The fourth-order valence-electron chi connectivity index (χ4n) is 1.11. The highest BCUT2D eigenvalue weighted by atomic mass is 19.4. The fourth-order valence-corrected chi connectivity index (χ4v) is 1.11. The third kappa shape index (κ3) is 7.10. The van der Waals surface area contributed by atoms with Crippen LogP contribution in [0.4, 0.5) is 13.2 Å². The Kier molecular flexibility index (Phi) is 5.37. The van der Waals surface area contributed by atoms with Crippen LogP contribution in [0.25, 0.3) is 6.08 Å². The summed E-state index contributed by atoms with van der Waals surface area (Å²) in [6.07, 6.45) is -2.02. The lowest BCUT2D eigenvalue weighted by molar-refractivity contribution is -0.186. The van der Waals surface area contributed by atoms with Crippen LogP contribution in [-0.2, 0) is 9.53 Å². The van der Waals surface area contributed by atoms with Crippen molar-refractivity contribution in [3.05, 3.63) is 35.9 Å². The standard InChI is InChI=1S/C12H11F3O4/c13-12(14,15)7-18-8-19-10-4-1-9(2-5-10)3-6-11(16)17/h1-6H,7-8H2,(H,16,17)/b6-3+. The molecule has 0 aliphatic heterocycles. The molecule has 1 aromatic rings. The molecule has 0 amide bonds. The summed E-state index contributed by atoms with van der Waals surface area (Å²) < 4.78 is 44.4. The summed E-state index contributed by atoms with van der Waals surface area (Å²) in [6.45, 7) is -1.88. The number of alkyl halides is 3. The lowest BCUT2D eigenvalue weighted by Gasteiger charge is -2.09. The fraction of sp³-hybridized carbons (Fsp3) is 0.250. The molecule has 0 radical (unpaired) electrons. The monoisotopic (exact) mass is 276 g/mol. The van der Waals surface area contributed by atoms with Crippen molar-refractivity contribution >= 4 is 12.0 Å². The van der Waals surface area contributed by atoms with Gasteiger partial charge in [0.25, 0.3) is 0 Å². The van der Waals surface area contributed by atoms with Gasteiger partial charge >= 0.3 is 12.1 Å². The molecule has 0 heterocycles. The van der Waals surface area contributed by atoms with Gasteiger partial charge in [-0.3, -0.25) is 0 Å². The van der Waals surface area contributed by atoms with Gasteiger partial charge in [0, 0.05) is 6.08 Å². The van der Waals surface area contributed by atoms with Crippen LogP contribution in [0, 0.1) is 0 Å². The molecule has 1 aromatic carbocycles. The maximum atomic E-state index is 11.7. The average molecular weight is 276 g/mol. The van der Waals surface area contributed by atoms with Crippen LogP contribution < -0.4 is 4.74 Å². The van der Waals surface area contributed by atoms with Crippen molar-refractivity contribution in [2.45, 2.75) is 6.18 Å². The van der Waals surface area contributed by atoms with E-state index in [1.54, 1.807) is 12.1 Å². The normalized spacial score (nSPS) is 11.7. The number of rotatable bonds is 6. The minimum Gasteiger partial charge on any atom is -0.478 e. The van der Waals surface area contributed by atoms with Gasteiger partial charge in [0.15, 0.2) is 6.79 Å². The number of hydrogen-bond acceptors (Lipinski definition) is 3. The molecule has 1 N–H and O–H groups in total. The van der Waals surface area contributed by atoms with Gasteiger partial charge < -0.3 is 14.6 Å². The molecule has 0 saturated heterocycles. The Bertz CT molecular complexity index is 437. The summed E-state index contributed by atoms with van der Waals surface area (Å²) in [5, 5.41) is 8.42. The van der Waals surface area contributed by atoms with Gasteiger partial charge in [0.2, 0.25) is 0 Å². The number of carboxylic acids is 1. The first-order valence-corrected chi connectivity index (χ1v) is 5.15. The Morgan fingerprint density at radius 3 is 2.42 bits per heavy atom. The third-order valence-corrected chi connectivity index (χ3v) is 1.87. The van der Waals surface area contributed by atoms with E-state index in [2.05, 4.69) is 4.74 Å². The van der Waals surface area contributed by atoms with Crippen molar-refractivity contribution in [2.24, 2.45) is 0 Å². The van der Waals surface area contributed by atoms with Crippen molar-refractivity contribution in [3.8, 4) is 5.75 Å². The summed E-state index contributed by atoms with van der Waals surface area (Å²) in [5.41, 5.74) is 0.631. The summed E-state index contributed by atoms with van der Waals surface area (Å²) in [7, 11) is 0. The van der Waals surface area contributed by atoms with Gasteiger partial charge in [-0.1, -0.05) is 12.1 Å². The topological polar surface area (TPSA) is 55.8 Å². The van der Waals surface area contributed by atoms with Crippen LogP contribution in [0.2, 0.25) is 0 Å². The molecule has 19 heavy (non-hydrogen) atoms. The molecule has 7 heteroatoms. The number of benzene rings is 1. The van der Waals surface area contributed by atoms with Gasteiger partial charge in [0.05, 0.1) is 0 Å². The van der Waals surface area contributed by atoms with Gasteiger partial charge in [-0.25, -0.2) is 4.79 Å².